The highest BCUT2D eigenvalue weighted by Crippen LogP contribution is 2.44. The summed E-state index contributed by atoms with van der Waals surface area (Å²) in [5.74, 6) is 0.844. The molecule has 8 heteroatoms. The van der Waals surface area contributed by atoms with Gasteiger partial charge in [-0.1, -0.05) is 0 Å². The topological polar surface area (TPSA) is 118 Å². The van der Waals surface area contributed by atoms with Crippen molar-refractivity contribution < 1.29 is 14.2 Å². The predicted molar refractivity (Wildman–Crippen MR) is 92.5 cm³/mol. The Balaban J connectivity index is 1.77. The van der Waals surface area contributed by atoms with Crippen LogP contribution in [0.4, 0.5) is 11.6 Å². The van der Waals surface area contributed by atoms with Crippen LogP contribution in [0.1, 0.15) is 45.2 Å². The monoisotopic (exact) mass is 345 g/mol. The summed E-state index contributed by atoms with van der Waals surface area (Å²) < 4.78 is 17.6. The molecule has 1 aliphatic rings. The molecule has 0 spiro atoms. The van der Waals surface area contributed by atoms with Crippen molar-refractivity contribution in [2.75, 3.05) is 11.5 Å². The Kier molecular flexibility index (Phi) is 4.26. The van der Waals surface area contributed by atoms with Gasteiger partial charge in [0.2, 0.25) is 6.29 Å². The molecule has 0 saturated carbocycles. The molecule has 3 rings (SSSR count). The third-order valence-electron chi connectivity index (χ3n) is 4.50. The number of nitrogen functional groups attached to an aromatic ring is 2. The lowest BCUT2D eigenvalue weighted by Crippen LogP contribution is -2.41. The van der Waals surface area contributed by atoms with Crippen molar-refractivity contribution >= 4 is 11.6 Å². The van der Waals surface area contributed by atoms with Crippen LogP contribution < -0.4 is 16.2 Å². The second-order valence-electron chi connectivity index (χ2n) is 6.95. The number of nitrogens with two attached hydrogens (primary N) is 2. The fourth-order valence-electron chi connectivity index (χ4n) is 2.31. The highest BCUT2D eigenvalue weighted by molar-refractivity contribution is 5.40. The summed E-state index contributed by atoms with van der Waals surface area (Å²) in [5, 5.41) is 0. The van der Waals surface area contributed by atoms with Crippen LogP contribution in [0.3, 0.4) is 0 Å². The highest BCUT2D eigenvalue weighted by atomic mass is 16.7. The van der Waals surface area contributed by atoms with Crippen LogP contribution in [0.2, 0.25) is 0 Å². The van der Waals surface area contributed by atoms with Crippen molar-refractivity contribution in [1.82, 2.24) is 15.0 Å². The number of rotatable bonds is 4. The largest absolute Gasteiger partial charge is 0.470 e. The molecule has 0 aromatic carbocycles. The lowest BCUT2D eigenvalue weighted by molar-refractivity contribution is -0.0927. The van der Waals surface area contributed by atoms with Gasteiger partial charge in [-0.3, -0.25) is 0 Å². The zero-order valence-corrected chi connectivity index (χ0v) is 14.8. The molecule has 0 bridgehead atoms. The number of pyridine rings is 1. The van der Waals surface area contributed by atoms with Crippen LogP contribution in [-0.2, 0) is 16.1 Å². The Bertz CT molecular complexity index is 763. The molecular weight excluding hydrogens is 322 g/mol. The van der Waals surface area contributed by atoms with Gasteiger partial charge in [0, 0.05) is 6.20 Å². The Morgan fingerprint density at radius 3 is 2.44 bits per heavy atom. The highest BCUT2D eigenvalue weighted by Gasteiger charge is 2.50. The van der Waals surface area contributed by atoms with Crippen LogP contribution in [0.15, 0.2) is 24.5 Å². The van der Waals surface area contributed by atoms with Gasteiger partial charge in [0.1, 0.15) is 18.1 Å². The molecule has 4 N–H and O–H groups in total. The van der Waals surface area contributed by atoms with E-state index in [4.69, 9.17) is 25.7 Å². The minimum Gasteiger partial charge on any atom is -0.470 e. The number of anilines is 2. The molecule has 0 aliphatic carbocycles. The van der Waals surface area contributed by atoms with Gasteiger partial charge in [-0.2, -0.15) is 0 Å². The van der Waals surface area contributed by atoms with Gasteiger partial charge >= 0.3 is 0 Å². The van der Waals surface area contributed by atoms with Crippen molar-refractivity contribution in [3.63, 3.8) is 0 Å². The van der Waals surface area contributed by atoms with Crippen molar-refractivity contribution in [2.24, 2.45) is 0 Å². The third kappa shape index (κ3) is 3.49. The fraction of sp³-hybridized carbons (Fsp3) is 0.471. The molecule has 2 aromatic rings. The van der Waals surface area contributed by atoms with Crippen molar-refractivity contribution in [3.8, 4) is 5.88 Å². The molecule has 0 unspecified atom stereocenters. The maximum Gasteiger partial charge on any atom is 0.257 e. The van der Waals surface area contributed by atoms with Crippen LogP contribution in [0.25, 0.3) is 0 Å². The van der Waals surface area contributed by atoms with Gasteiger partial charge in [0.05, 0.1) is 17.4 Å². The van der Waals surface area contributed by atoms with Crippen molar-refractivity contribution in [3.05, 3.63) is 35.8 Å². The average molecular weight is 345 g/mol. The van der Waals surface area contributed by atoms with Gasteiger partial charge in [0.25, 0.3) is 5.88 Å². The number of nitrogens with zero attached hydrogens (tertiary/aromatic N) is 3. The minimum atomic E-state index is -0.628. The normalized spacial score (nSPS) is 19.0. The summed E-state index contributed by atoms with van der Waals surface area (Å²) in [5.41, 5.74) is 12.0. The summed E-state index contributed by atoms with van der Waals surface area (Å²) in [6.45, 7) is 8.15. The van der Waals surface area contributed by atoms with Crippen LogP contribution in [0.5, 0.6) is 5.88 Å². The van der Waals surface area contributed by atoms with Crippen LogP contribution in [0, 0.1) is 0 Å². The molecule has 8 nitrogen and oxygen atoms in total. The Labute approximate surface area is 146 Å². The molecule has 134 valence electrons. The molecule has 0 radical (unpaired) electrons. The first-order chi connectivity index (χ1) is 11.7. The number of ether oxygens (including phenoxy) is 3. The standard InChI is InChI=1S/C17H23N5O3/c1-16(2)17(3,4)25-15(24-16)11-8-21-13(19)14(22-11)23-9-10-5-6-20-12(18)7-10/h5-8,15H,9H2,1-4H3,(H2,18,20)(H2,19,21). The summed E-state index contributed by atoms with van der Waals surface area (Å²) in [6.07, 6.45) is 2.52. The van der Waals surface area contributed by atoms with Gasteiger partial charge in [-0.15, -0.1) is 0 Å². The number of hydrogen-bond acceptors (Lipinski definition) is 8. The van der Waals surface area contributed by atoms with E-state index >= 15 is 0 Å². The summed E-state index contributed by atoms with van der Waals surface area (Å²) >= 11 is 0. The molecule has 1 saturated heterocycles. The molecule has 2 aromatic heterocycles. The van der Waals surface area contributed by atoms with E-state index in [1.165, 1.54) is 6.20 Å². The van der Waals surface area contributed by atoms with Gasteiger partial charge in [0.15, 0.2) is 5.82 Å². The fourth-order valence-corrected chi connectivity index (χ4v) is 2.31. The maximum atomic E-state index is 5.98. The smallest absolute Gasteiger partial charge is 0.257 e. The lowest BCUT2D eigenvalue weighted by atomic mass is 9.90. The number of aromatic nitrogens is 3. The Morgan fingerprint density at radius 1 is 1.12 bits per heavy atom. The molecule has 3 heterocycles. The van der Waals surface area contributed by atoms with E-state index in [-0.39, 0.29) is 18.3 Å². The summed E-state index contributed by atoms with van der Waals surface area (Å²) in [4.78, 5) is 12.5. The molecule has 1 aliphatic heterocycles. The predicted octanol–water partition coefficient (Wildman–Crippen LogP) is 2.22. The van der Waals surface area contributed by atoms with E-state index in [1.807, 2.05) is 27.7 Å². The zero-order chi connectivity index (χ0) is 18.2. The van der Waals surface area contributed by atoms with Gasteiger partial charge in [-0.05, 0) is 45.4 Å². The number of hydrogen-bond donors (Lipinski definition) is 2. The van der Waals surface area contributed by atoms with E-state index in [2.05, 4.69) is 15.0 Å². The Hall–Kier alpha value is -2.45. The van der Waals surface area contributed by atoms with Crippen LogP contribution >= 0.6 is 0 Å². The first-order valence-electron chi connectivity index (χ1n) is 7.99. The van der Waals surface area contributed by atoms with E-state index in [9.17, 15) is 0 Å². The molecule has 0 atom stereocenters. The second kappa shape index (κ2) is 6.12. The van der Waals surface area contributed by atoms with Gasteiger partial charge < -0.3 is 25.7 Å². The molecular formula is C17H23N5O3. The van der Waals surface area contributed by atoms with E-state index in [0.29, 0.717) is 11.5 Å². The third-order valence-corrected chi connectivity index (χ3v) is 4.50. The van der Waals surface area contributed by atoms with Crippen LogP contribution in [-0.4, -0.2) is 26.2 Å². The van der Waals surface area contributed by atoms with Crippen molar-refractivity contribution in [2.45, 2.75) is 51.8 Å². The molecule has 25 heavy (non-hydrogen) atoms. The second-order valence-corrected chi connectivity index (χ2v) is 6.95. The maximum absolute atomic E-state index is 5.98. The van der Waals surface area contributed by atoms with E-state index in [0.717, 1.165) is 5.56 Å². The Morgan fingerprint density at radius 2 is 1.80 bits per heavy atom. The first-order valence-corrected chi connectivity index (χ1v) is 7.99. The molecule has 0 amide bonds. The summed E-state index contributed by atoms with van der Waals surface area (Å²) in [6, 6.07) is 3.53. The summed E-state index contributed by atoms with van der Waals surface area (Å²) in [7, 11) is 0. The minimum absolute atomic E-state index is 0.197. The van der Waals surface area contributed by atoms with Gasteiger partial charge in [-0.25, -0.2) is 15.0 Å². The lowest BCUT2D eigenvalue weighted by Gasteiger charge is -2.30. The van der Waals surface area contributed by atoms with E-state index < -0.39 is 17.5 Å². The molecule has 1 fully saturated rings. The zero-order valence-electron chi connectivity index (χ0n) is 14.8. The van der Waals surface area contributed by atoms with Crippen molar-refractivity contribution in [1.29, 1.82) is 0 Å². The average Bonchev–Trinajstić information content (AvgIpc) is 2.75. The van der Waals surface area contributed by atoms with E-state index in [1.54, 1.807) is 18.3 Å². The SMILES string of the molecule is CC1(C)OC(c2cnc(N)c(OCc3ccnc(N)c3)n2)OC1(C)C. The quantitative estimate of drug-likeness (QED) is 0.866. The first kappa shape index (κ1) is 17.4.